The van der Waals surface area contributed by atoms with Crippen molar-refractivity contribution in [2.75, 3.05) is 0 Å². The second-order valence-electron chi connectivity index (χ2n) is 4.46. The van der Waals surface area contributed by atoms with Crippen LogP contribution in [0.1, 0.15) is 11.1 Å². The largest absolute Gasteiger partial charge is 0.480 e. The minimum absolute atomic E-state index is 0.0252. The highest BCUT2D eigenvalue weighted by Gasteiger charge is 2.31. The average molecular weight is 329 g/mol. The summed E-state index contributed by atoms with van der Waals surface area (Å²) >= 11 is 5.92. The summed E-state index contributed by atoms with van der Waals surface area (Å²) in [7, 11) is 0. The molecule has 1 aromatic heterocycles. The van der Waals surface area contributed by atoms with Crippen LogP contribution in [0.2, 0.25) is 5.02 Å². The Morgan fingerprint density at radius 1 is 1.32 bits per heavy atom. The highest BCUT2D eigenvalue weighted by molar-refractivity contribution is 6.33. The van der Waals surface area contributed by atoms with Crippen LogP contribution in [0.15, 0.2) is 30.6 Å². The van der Waals surface area contributed by atoms with Crippen molar-refractivity contribution in [2.24, 2.45) is 0 Å². The van der Waals surface area contributed by atoms with Crippen LogP contribution in [0.3, 0.4) is 0 Å². The van der Waals surface area contributed by atoms with E-state index < -0.39 is 24.3 Å². The number of nitriles is 1. The van der Waals surface area contributed by atoms with E-state index in [-0.39, 0.29) is 21.7 Å². The zero-order valence-electron chi connectivity index (χ0n) is 10.9. The quantitative estimate of drug-likeness (QED) is 0.932. The maximum absolute atomic E-state index is 12.8. The van der Waals surface area contributed by atoms with E-state index in [9.17, 15) is 18.0 Å². The van der Waals surface area contributed by atoms with Gasteiger partial charge in [0.05, 0.1) is 11.1 Å². The van der Waals surface area contributed by atoms with Gasteiger partial charge in [0.25, 0.3) is 0 Å². The Balaban J connectivity index is 2.58. The molecule has 4 nitrogen and oxygen atoms in total. The van der Waals surface area contributed by atoms with Gasteiger partial charge >= 0.3 is 12.1 Å². The molecule has 22 heavy (non-hydrogen) atoms. The van der Waals surface area contributed by atoms with Gasteiger partial charge in [0.1, 0.15) is 12.6 Å². The molecule has 0 fully saturated rings. The number of hydrogen-bond acceptors (Lipinski definition) is 2. The Labute approximate surface area is 128 Å². The van der Waals surface area contributed by atoms with Gasteiger partial charge in [-0.05, 0) is 18.2 Å². The van der Waals surface area contributed by atoms with Crippen molar-refractivity contribution >= 4 is 17.6 Å². The molecule has 0 unspecified atom stereocenters. The van der Waals surface area contributed by atoms with Gasteiger partial charge in [-0.2, -0.15) is 18.4 Å². The fourth-order valence-corrected chi connectivity index (χ4v) is 2.19. The Hall–Kier alpha value is -2.46. The van der Waals surface area contributed by atoms with Crippen molar-refractivity contribution < 1.29 is 23.1 Å². The molecule has 0 amide bonds. The molecule has 114 valence electrons. The van der Waals surface area contributed by atoms with Crippen molar-refractivity contribution in [1.29, 1.82) is 5.26 Å². The van der Waals surface area contributed by atoms with Crippen molar-refractivity contribution in [3.05, 3.63) is 46.7 Å². The van der Waals surface area contributed by atoms with Gasteiger partial charge in [-0.15, -0.1) is 0 Å². The number of hydrogen-bond donors (Lipinski definition) is 1. The summed E-state index contributed by atoms with van der Waals surface area (Å²) in [6.07, 6.45) is -2.01. The van der Waals surface area contributed by atoms with E-state index in [0.29, 0.717) is 0 Å². The predicted octanol–water partition coefficient (Wildman–Crippen LogP) is 3.78. The normalized spacial score (nSPS) is 11.2. The topological polar surface area (TPSA) is 66.0 Å². The zero-order chi connectivity index (χ0) is 16.5. The van der Waals surface area contributed by atoms with Gasteiger partial charge in [0, 0.05) is 28.5 Å². The van der Waals surface area contributed by atoms with E-state index in [0.717, 1.165) is 18.2 Å². The lowest BCUT2D eigenvalue weighted by Crippen LogP contribution is -2.06. The standard InChI is InChI=1S/C14H8ClF3N2O2/c15-12-2-1-9(14(16,17)18)3-10(12)11-6-20(7-13(21)22)5-8(11)4-19/h1-3,5-6H,7H2,(H,21,22). The van der Waals surface area contributed by atoms with Gasteiger partial charge < -0.3 is 9.67 Å². The molecule has 1 aromatic carbocycles. The van der Waals surface area contributed by atoms with E-state index >= 15 is 0 Å². The van der Waals surface area contributed by atoms with Crippen LogP contribution < -0.4 is 0 Å². The van der Waals surface area contributed by atoms with Crippen LogP contribution in [-0.2, 0) is 17.5 Å². The summed E-state index contributed by atoms with van der Waals surface area (Å²) in [6, 6.07) is 4.59. The summed E-state index contributed by atoms with van der Waals surface area (Å²) < 4.78 is 39.6. The highest BCUT2D eigenvalue weighted by atomic mass is 35.5. The predicted molar refractivity (Wildman–Crippen MR) is 72.2 cm³/mol. The van der Waals surface area contributed by atoms with Gasteiger partial charge in [0.2, 0.25) is 0 Å². The molecule has 2 rings (SSSR count). The lowest BCUT2D eigenvalue weighted by atomic mass is 10.0. The Kier molecular flexibility index (Phi) is 4.15. The van der Waals surface area contributed by atoms with Crippen LogP contribution >= 0.6 is 11.6 Å². The molecule has 0 spiro atoms. The lowest BCUT2D eigenvalue weighted by Gasteiger charge is -2.10. The number of halogens is 4. The molecular weight excluding hydrogens is 321 g/mol. The van der Waals surface area contributed by atoms with Crippen molar-refractivity contribution in [3.63, 3.8) is 0 Å². The lowest BCUT2D eigenvalue weighted by molar-refractivity contribution is -0.138. The van der Waals surface area contributed by atoms with Crippen LogP contribution in [0, 0.1) is 11.3 Å². The minimum atomic E-state index is -4.55. The second-order valence-corrected chi connectivity index (χ2v) is 4.86. The van der Waals surface area contributed by atoms with Gasteiger partial charge in [0.15, 0.2) is 0 Å². The summed E-state index contributed by atoms with van der Waals surface area (Å²) in [4.78, 5) is 10.7. The van der Waals surface area contributed by atoms with Crippen molar-refractivity contribution in [1.82, 2.24) is 4.57 Å². The molecule has 2 aromatic rings. The molecule has 0 aliphatic carbocycles. The van der Waals surface area contributed by atoms with E-state index in [1.54, 1.807) is 0 Å². The van der Waals surface area contributed by atoms with E-state index in [1.807, 2.05) is 6.07 Å². The molecule has 0 atom stereocenters. The van der Waals surface area contributed by atoms with Crippen LogP contribution in [-0.4, -0.2) is 15.6 Å². The summed E-state index contributed by atoms with van der Waals surface area (Å²) in [5, 5.41) is 17.8. The molecule has 8 heteroatoms. The summed E-state index contributed by atoms with van der Waals surface area (Å²) in [6.45, 7) is -0.411. The van der Waals surface area contributed by atoms with Crippen LogP contribution in [0.25, 0.3) is 11.1 Å². The van der Waals surface area contributed by atoms with E-state index in [1.165, 1.54) is 17.0 Å². The first-order valence-electron chi connectivity index (χ1n) is 5.91. The number of aromatic nitrogens is 1. The Morgan fingerprint density at radius 3 is 2.55 bits per heavy atom. The summed E-state index contributed by atoms with van der Waals surface area (Å²) in [5.41, 5.74) is -0.679. The third-order valence-electron chi connectivity index (χ3n) is 2.90. The molecule has 0 saturated carbocycles. The number of rotatable bonds is 3. The number of nitrogens with zero attached hydrogens (tertiary/aromatic N) is 2. The molecular formula is C14H8ClF3N2O2. The SMILES string of the molecule is N#Cc1cn(CC(=O)O)cc1-c1cc(C(F)(F)F)ccc1Cl. The van der Waals surface area contributed by atoms with E-state index in [2.05, 4.69) is 0 Å². The van der Waals surface area contributed by atoms with Crippen LogP contribution in [0.4, 0.5) is 13.2 Å². The smallest absolute Gasteiger partial charge is 0.416 e. The fraction of sp³-hybridized carbons (Fsp3) is 0.143. The molecule has 0 aliphatic heterocycles. The number of carbonyl (C=O) groups is 1. The fourth-order valence-electron chi connectivity index (χ4n) is 1.97. The maximum atomic E-state index is 12.8. The monoisotopic (exact) mass is 328 g/mol. The number of carboxylic acid groups (broad SMARTS) is 1. The molecule has 1 N–H and O–H groups in total. The Morgan fingerprint density at radius 2 is 2.00 bits per heavy atom. The molecule has 1 heterocycles. The van der Waals surface area contributed by atoms with Gasteiger partial charge in [-0.1, -0.05) is 11.6 Å². The second kappa shape index (κ2) is 5.73. The third-order valence-corrected chi connectivity index (χ3v) is 3.23. The van der Waals surface area contributed by atoms with Crippen LogP contribution in [0.5, 0.6) is 0 Å². The molecule has 0 bridgehead atoms. The van der Waals surface area contributed by atoms with Crippen molar-refractivity contribution in [3.8, 4) is 17.2 Å². The molecule has 0 saturated heterocycles. The molecule has 0 aliphatic rings. The first kappa shape index (κ1) is 15.9. The summed E-state index contributed by atoms with van der Waals surface area (Å²) in [5.74, 6) is -1.14. The molecule has 0 radical (unpaired) electrons. The Bertz CT molecular complexity index is 775. The highest BCUT2D eigenvalue weighted by Crippen LogP contribution is 2.37. The number of aliphatic carboxylic acids is 1. The van der Waals surface area contributed by atoms with Gasteiger partial charge in [-0.3, -0.25) is 4.79 Å². The van der Waals surface area contributed by atoms with Crippen molar-refractivity contribution in [2.45, 2.75) is 12.7 Å². The maximum Gasteiger partial charge on any atom is 0.416 e. The minimum Gasteiger partial charge on any atom is -0.480 e. The van der Waals surface area contributed by atoms with Gasteiger partial charge in [-0.25, -0.2) is 0 Å². The number of carboxylic acids is 1. The zero-order valence-corrected chi connectivity index (χ0v) is 11.6. The number of benzene rings is 1. The average Bonchev–Trinajstić information content (AvgIpc) is 2.79. The first-order chi connectivity index (χ1) is 10.2. The first-order valence-corrected chi connectivity index (χ1v) is 6.29. The number of alkyl halides is 3. The third kappa shape index (κ3) is 3.23. The van der Waals surface area contributed by atoms with E-state index in [4.69, 9.17) is 22.0 Å².